The van der Waals surface area contributed by atoms with Gasteiger partial charge in [0.25, 0.3) is 5.91 Å². The Morgan fingerprint density at radius 3 is 2.65 bits per heavy atom. The highest BCUT2D eigenvalue weighted by molar-refractivity contribution is 6.02. The van der Waals surface area contributed by atoms with Crippen LogP contribution in [0.5, 0.6) is 0 Å². The van der Waals surface area contributed by atoms with Crippen molar-refractivity contribution in [2.45, 2.75) is 0 Å². The summed E-state index contributed by atoms with van der Waals surface area (Å²) in [5.41, 5.74) is 1.93. The van der Waals surface area contributed by atoms with Crippen LogP contribution in [-0.2, 0) is 0 Å². The molecule has 0 bridgehead atoms. The van der Waals surface area contributed by atoms with Gasteiger partial charge in [-0.1, -0.05) is 12.1 Å². The molecule has 0 fully saturated rings. The molecule has 1 N–H and O–H groups in total. The van der Waals surface area contributed by atoms with Crippen molar-refractivity contribution in [1.29, 1.82) is 0 Å². The van der Waals surface area contributed by atoms with Crippen molar-refractivity contribution < 1.29 is 4.79 Å². The molecule has 2 aromatic heterocycles. The fourth-order valence-corrected chi connectivity index (χ4v) is 1.77. The van der Waals surface area contributed by atoms with E-state index in [0.717, 1.165) is 5.69 Å². The number of carbonyl (C=O) groups excluding carboxylic acids is 1. The maximum absolute atomic E-state index is 12.0. The average Bonchev–Trinajstić information content (AvgIpc) is 3.03. The lowest BCUT2D eigenvalue weighted by atomic mass is 10.2. The molecule has 0 radical (unpaired) electrons. The van der Waals surface area contributed by atoms with Crippen molar-refractivity contribution in [1.82, 2.24) is 19.7 Å². The van der Waals surface area contributed by atoms with Gasteiger partial charge in [-0.25, -0.2) is 0 Å². The molecule has 20 heavy (non-hydrogen) atoms. The zero-order valence-corrected chi connectivity index (χ0v) is 10.5. The molecule has 3 rings (SSSR count). The van der Waals surface area contributed by atoms with E-state index in [1.165, 1.54) is 0 Å². The summed E-state index contributed by atoms with van der Waals surface area (Å²) in [6.07, 6.45) is 4.78. The predicted molar refractivity (Wildman–Crippen MR) is 73.5 cm³/mol. The minimum atomic E-state index is -0.244. The number of amides is 1. The normalized spacial score (nSPS) is 10.2. The van der Waals surface area contributed by atoms with Gasteiger partial charge in [0.2, 0.25) is 0 Å². The SMILES string of the molecule is O=C(Nc1cccc(-n2cnnc2)c1)c1ccccn1. The molecule has 0 aliphatic heterocycles. The second-order valence-electron chi connectivity index (χ2n) is 4.09. The van der Waals surface area contributed by atoms with E-state index >= 15 is 0 Å². The number of hydrogen-bond acceptors (Lipinski definition) is 4. The van der Waals surface area contributed by atoms with Gasteiger partial charge in [-0.2, -0.15) is 0 Å². The fraction of sp³-hybridized carbons (Fsp3) is 0. The minimum Gasteiger partial charge on any atom is -0.321 e. The van der Waals surface area contributed by atoms with Crippen LogP contribution in [0.4, 0.5) is 5.69 Å². The number of nitrogens with one attached hydrogen (secondary N) is 1. The van der Waals surface area contributed by atoms with E-state index < -0.39 is 0 Å². The fourth-order valence-electron chi connectivity index (χ4n) is 1.77. The van der Waals surface area contributed by atoms with Crippen molar-refractivity contribution in [3.8, 4) is 5.69 Å². The number of carbonyl (C=O) groups is 1. The first kappa shape index (κ1) is 12.0. The summed E-state index contributed by atoms with van der Waals surface area (Å²) in [4.78, 5) is 16.0. The molecule has 6 heteroatoms. The Bertz CT molecular complexity index is 709. The minimum absolute atomic E-state index is 0.244. The van der Waals surface area contributed by atoms with Crippen molar-refractivity contribution in [3.63, 3.8) is 0 Å². The van der Waals surface area contributed by atoms with Crippen molar-refractivity contribution in [3.05, 3.63) is 67.0 Å². The molecule has 3 aromatic rings. The lowest BCUT2D eigenvalue weighted by Gasteiger charge is -2.07. The topological polar surface area (TPSA) is 72.7 Å². The second kappa shape index (κ2) is 5.31. The summed E-state index contributed by atoms with van der Waals surface area (Å²) in [5, 5.41) is 10.3. The largest absolute Gasteiger partial charge is 0.321 e. The number of anilines is 1. The zero-order chi connectivity index (χ0) is 13.8. The van der Waals surface area contributed by atoms with E-state index in [9.17, 15) is 4.79 Å². The third-order valence-electron chi connectivity index (χ3n) is 2.72. The number of hydrogen-bond donors (Lipinski definition) is 1. The highest BCUT2D eigenvalue weighted by Crippen LogP contribution is 2.14. The highest BCUT2D eigenvalue weighted by atomic mass is 16.1. The highest BCUT2D eigenvalue weighted by Gasteiger charge is 2.07. The van der Waals surface area contributed by atoms with Gasteiger partial charge in [0.05, 0.1) is 5.69 Å². The van der Waals surface area contributed by atoms with Gasteiger partial charge in [0, 0.05) is 11.9 Å². The van der Waals surface area contributed by atoms with Gasteiger partial charge in [0.15, 0.2) is 0 Å². The first-order valence-corrected chi connectivity index (χ1v) is 6.00. The molecular formula is C14H11N5O. The molecular weight excluding hydrogens is 254 g/mol. The first-order valence-electron chi connectivity index (χ1n) is 6.00. The molecule has 0 aliphatic carbocycles. The van der Waals surface area contributed by atoms with Gasteiger partial charge in [0.1, 0.15) is 18.3 Å². The molecule has 1 aromatic carbocycles. The second-order valence-corrected chi connectivity index (χ2v) is 4.09. The lowest BCUT2D eigenvalue weighted by molar-refractivity contribution is 0.102. The van der Waals surface area contributed by atoms with Gasteiger partial charge in [-0.3, -0.25) is 14.3 Å². The Kier molecular flexibility index (Phi) is 3.20. The quantitative estimate of drug-likeness (QED) is 0.785. The monoisotopic (exact) mass is 265 g/mol. The lowest BCUT2D eigenvalue weighted by Crippen LogP contribution is -2.13. The summed E-state index contributed by atoms with van der Waals surface area (Å²) < 4.78 is 1.76. The van der Waals surface area contributed by atoms with E-state index in [0.29, 0.717) is 11.4 Å². The predicted octanol–water partition coefficient (Wildman–Crippen LogP) is 1.91. The Balaban J connectivity index is 1.82. The zero-order valence-electron chi connectivity index (χ0n) is 10.5. The maximum atomic E-state index is 12.0. The summed E-state index contributed by atoms with van der Waals surface area (Å²) in [6.45, 7) is 0. The van der Waals surface area contributed by atoms with Crippen LogP contribution in [0.1, 0.15) is 10.5 Å². The van der Waals surface area contributed by atoms with Crippen LogP contribution >= 0.6 is 0 Å². The third kappa shape index (κ3) is 2.54. The van der Waals surface area contributed by atoms with Crippen molar-refractivity contribution in [2.75, 3.05) is 5.32 Å². The Labute approximate surface area is 115 Å². The van der Waals surface area contributed by atoms with E-state index in [-0.39, 0.29) is 5.91 Å². The Morgan fingerprint density at radius 1 is 1.05 bits per heavy atom. The summed E-state index contributed by atoms with van der Waals surface area (Å²) in [6, 6.07) is 12.6. The van der Waals surface area contributed by atoms with Gasteiger partial charge >= 0.3 is 0 Å². The van der Waals surface area contributed by atoms with Crippen molar-refractivity contribution >= 4 is 11.6 Å². The van der Waals surface area contributed by atoms with E-state index in [4.69, 9.17) is 0 Å². The summed E-state index contributed by atoms with van der Waals surface area (Å²) in [7, 11) is 0. The van der Waals surface area contributed by atoms with Gasteiger partial charge in [-0.05, 0) is 30.3 Å². The van der Waals surface area contributed by atoms with Crippen LogP contribution in [0, 0.1) is 0 Å². The van der Waals surface area contributed by atoms with Crippen LogP contribution in [0.3, 0.4) is 0 Å². The molecule has 98 valence electrons. The first-order chi connectivity index (χ1) is 9.83. The van der Waals surface area contributed by atoms with Crippen LogP contribution in [0.15, 0.2) is 61.3 Å². The molecule has 1 amide bonds. The van der Waals surface area contributed by atoms with Gasteiger partial charge < -0.3 is 5.32 Å². The molecule has 0 saturated heterocycles. The molecule has 0 aliphatic rings. The van der Waals surface area contributed by atoms with Gasteiger partial charge in [-0.15, -0.1) is 10.2 Å². The number of aromatic nitrogens is 4. The Morgan fingerprint density at radius 2 is 1.90 bits per heavy atom. The third-order valence-corrected chi connectivity index (χ3v) is 2.72. The number of benzene rings is 1. The van der Waals surface area contributed by atoms with Crippen LogP contribution in [0.25, 0.3) is 5.69 Å². The smallest absolute Gasteiger partial charge is 0.274 e. The summed E-state index contributed by atoms with van der Waals surface area (Å²) in [5.74, 6) is -0.244. The summed E-state index contributed by atoms with van der Waals surface area (Å²) >= 11 is 0. The Hall–Kier alpha value is -3.02. The molecule has 0 spiro atoms. The van der Waals surface area contributed by atoms with Crippen LogP contribution in [0.2, 0.25) is 0 Å². The van der Waals surface area contributed by atoms with E-state index in [1.807, 2.05) is 24.3 Å². The molecule has 6 nitrogen and oxygen atoms in total. The van der Waals surface area contributed by atoms with Crippen molar-refractivity contribution in [2.24, 2.45) is 0 Å². The number of nitrogens with zero attached hydrogens (tertiary/aromatic N) is 4. The molecule has 2 heterocycles. The van der Waals surface area contributed by atoms with E-state index in [1.54, 1.807) is 41.6 Å². The standard InChI is InChI=1S/C14H11N5O/c20-14(13-6-1-2-7-15-13)18-11-4-3-5-12(8-11)19-9-16-17-10-19/h1-10H,(H,18,20). The maximum Gasteiger partial charge on any atom is 0.274 e. The molecule has 0 saturated carbocycles. The average molecular weight is 265 g/mol. The number of rotatable bonds is 3. The molecule has 0 atom stereocenters. The number of pyridine rings is 1. The van der Waals surface area contributed by atoms with Crippen LogP contribution < -0.4 is 5.32 Å². The molecule has 0 unspecified atom stereocenters. The van der Waals surface area contributed by atoms with Crippen LogP contribution in [-0.4, -0.2) is 25.7 Å². The van der Waals surface area contributed by atoms with E-state index in [2.05, 4.69) is 20.5 Å².